The average molecular weight is 372 g/mol. The molecule has 0 aromatic heterocycles. The average Bonchev–Trinajstić information content (AvgIpc) is 2.96. The third-order valence-corrected chi connectivity index (χ3v) is 4.48. The fourth-order valence-electron chi connectivity index (χ4n) is 3.08. The number of methoxy groups -OCH3 is 2. The van der Waals surface area contributed by atoms with E-state index in [1.165, 1.54) is 24.3 Å². The molecule has 3 rings (SSSR count). The van der Waals surface area contributed by atoms with Gasteiger partial charge in [0.15, 0.2) is 11.5 Å². The lowest BCUT2D eigenvalue weighted by Crippen LogP contribution is -2.39. The molecule has 1 aliphatic heterocycles. The second-order valence-corrected chi connectivity index (χ2v) is 6.19. The number of halogens is 1. The van der Waals surface area contributed by atoms with E-state index >= 15 is 0 Å². The Kier molecular flexibility index (Phi) is 5.71. The highest BCUT2D eigenvalue weighted by Crippen LogP contribution is 2.28. The monoisotopic (exact) mass is 372 g/mol. The summed E-state index contributed by atoms with van der Waals surface area (Å²) < 4.78 is 23.6. The molecule has 2 amide bonds. The Balaban J connectivity index is 1.60. The van der Waals surface area contributed by atoms with Crippen LogP contribution in [0.25, 0.3) is 0 Å². The molecule has 2 aromatic carbocycles. The van der Waals surface area contributed by atoms with Gasteiger partial charge in [-0.3, -0.25) is 9.59 Å². The number of hydrogen-bond acceptors (Lipinski definition) is 5. The van der Waals surface area contributed by atoms with E-state index in [-0.39, 0.29) is 18.2 Å². The molecule has 27 heavy (non-hydrogen) atoms. The maximum Gasteiger partial charge on any atom is 0.251 e. The predicted octanol–water partition coefficient (Wildman–Crippen LogP) is 2.31. The van der Waals surface area contributed by atoms with Gasteiger partial charge in [-0.1, -0.05) is 6.07 Å². The van der Waals surface area contributed by atoms with E-state index in [1.807, 2.05) is 18.2 Å². The van der Waals surface area contributed by atoms with E-state index in [4.69, 9.17) is 9.47 Å². The van der Waals surface area contributed by atoms with Crippen LogP contribution in [0.1, 0.15) is 12.0 Å². The first-order valence-electron chi connectivity index (χ1n) is 8.60. The second kappa shape index (κ2) is 8.18. The van der Waals surface area contributed by atoms with Gasteiger partial charge in [-0.15, -0.1) is 0 Å². The van der Waals surface area contributed by atoms with Gasteiger partial charge in [0, 0.05) is 0 Å². The topological polar surface area (TPSA) is 67.9 Å². The summed E-state index contributed by atoms with van der Waals surface area (Å²) in [5.74, 6) is 0.266. The molecule has 1 saturated heterocycles. The van der Waals surface area contributed by atoms with Crippen molar-refractivity contribution in [3.8, 4) is 11.5 Å². The molecule has 1 aliphatic rings. The summed E-state index contributed by atoms with van der Waals surface area (Å²) >= 11 is 0. The number of rotatable bonds is 7. The van der Waals surface area contributed by atoms with Crippen molar-refractivity contribution < 1.29 is 23.5 Å². The molecule has 0 spiro atoms. The summed E-state index contributed by atoms with van der Waals surface area (Å²) in [6, 6.07) is 10.4. The van der Waals surface area contributed by atoms with Crippen molar-refractivity contribution in [2.75, 3.05) is 25.7 Å². The van der Waals surface area contributed by atoms with Crippen molar-refractivity contribution in [2.24, 2.45) is 0 Å². The minimum absolute atomic E-state index is 0.0855. The van der Waals surface area contributed by atoms with Crippen LogP contribution in [-0.2, 0) is 16.0 Å². The lowest BCUT2D eigenvalue weighted by atomic mass is 10.1. The Bertz CT molecular complexity index is 838. The third-order valence-electron chi connectivity index (χ3n) is 4.48. The van der Waals surface area contributed by atoms with E-state index in [9.17, 15) is 14.0 Å². The summed E-state index contributed by atoms with van der Waals surface area (Å²) in [5.41, 5.74) is 1.41. The number of nitrogens with zero attached hydrogens (tertiary/aromatic N) is 1. The van der Waals surface area contributed by atoms with E-state index in [0.29, 0.717) is 30.2 Å². The molecule has 1 heterocycles. The quantitative estimate of drug-likeness (QED) is 0.756. The number of ether oxygens (including phenoxy) is 2. The highest BCUT2D eigenvalue weighted by Gasteiger charge is 2.39. The normalized spacial score (nSPS) is 16.7. The number of imide groups is 1. The van der Waals surface area contributed by atoms with Crippen LogP contribution in [0.5, 0.6) is 11.5 Å². The minimum Gasteiger partial charge on any atom is -0.493 e. The zero-order valence-electron chi connectivity index (χ0n) is 15.2. The fraction of sp³-hybridized carbons (Fsp3) is 0.300. The summed E-state index contributed by atoms with van der Waals surface area (Å²) in [6.45, 7) is 0.524. The molecule has 0 radical (unpaired) electrons. The fourth-order valence-corrected chi connectivity index (χ4v) is 3.08. The Hall–Kier alpha value is -2.93. The van der Waals surface area contributed by atoms with Crippen molar-refractivity contribution in [3.63, 3.8) is 0 Å². The van der Waals surface area contributed by atoms with Crippen LogP contribution in [0.2, 0.25) is 0 Å². The number of carbonyl (C=O) groups excluding carboxylic acids is 2. The molecule has 0 saturated carbocycles. The first-order valence-corrected chi connectivity index (χ1v) is 8.60. The van der Waals surface area contributed by atoms with Crippen LogP contribution in [-0.4, -0.2) is 38.6 Å². The highest BCUT2D eigenvalue weighted by molar-refractivity contribution is 6.22. The second-order valence-electron chi connectivity index (χ2n) is 6.19. The van der Waals surface area contributed by atoms with Crippen molar-refractivity contribution >= 4 is 17.5 Å². The zero-order valence-corrected chi connectivity index (χ0v) is 15.2. The summed E-state index contributed by atoms with van der Waals surface area (Å²) in [6.07, 6.45) is 0.747. The Morgan fingerprint density at radius 1 is 1.07 bits per heavy atom. The Morgan fingerprint density at radius 2 is 1.78 bits per heavy atom. The standard InChI is InChI=1S/C20H21FN2O4/c1-26-17-8-3-13(11-18(17)27-2)9-10-22-16-12-19(24)23(20(16)25)15-6-4-14(21)5-7-15/h3-8,11,16,22H,9-10,12H2,1-2H3. The van der Waals surface area contributed by atoms with E-state index < -0.39 is 11.9 Å². The van der Waals surface area contributed by atoms with Gasteiger partial charge in [-0.05, 0) is 54.9 Å². The molecule has 6 nitrogen and oxygen atoms in total. The first-order chi connectivity index (χ1) is 13.0. The van der Waals surface area contributed by atoms with Gasteiger partial charge >= 0.3 is 0 Å². The van der Waals surface area contributed by atoms with E-state index in [1.54, 1.807) is 14.2 Å². The molecule has 1 fully saturated rings. The van der Waals surface area contributed by atoms with Crippen LogP contribution >= 0.6 is 0 Å². The number of nitrogens with one attached hydrogen (secondary N) is 1. The molecule has 142 valence electrons. The number of hydrogen-bond donors (Lipinski definition) is 1. The molecular weight excluding hydrogens is 351 g/mol. The van der Waals surface area contributed by atoms with Gasteiger partial charge in [0.05, 0.1) is 32.4 Å². The predicted molar refractivity (Wildman–Crippen MR) is 98.6 cm³/mol. The SMILES string of the molecule is COc1ccc(CCNC2CC(=O)N(c3ccc(F)cc3)C2=O)cc1OC. The summed E-state index contributed by atoms with van der Waals surface area (Å²) in [4.78, 5) is 25.9. The lowest BCUT2D eigenvalue weighted by Gasteiger charge is -2.15. The molecule has 7 heteroatoms. The Morgan fingerprint density at radius 3 is 2.44 bits per heavy atom. The number of benzene rings is 2. The van der Waals surface area contributed by atoms with E-state index in [2.05, 4.69) is 5.32 Å². The van der Waals surface area contributed by atoms with Gasteiger partial charge in [0.1, 0.15) is 5.82 Å². The number of amides is 2. The van der Waals surface area contributed by atoms with Gasteiger partial charge in [-0.25, -0.2) is 9.29 Å². The molecule has 2 aromatic rings. The molecule has 0 bridgehead atoms. The smallest absolute Gasteiger partial charge is 0.251 e. The highest BCUT2D eigenvalue weighted by atomic mass is 19.1. The van der Waals surface area contributed by atoms with Crippen LogP contribution in [0.4, 0.5) is 10.1 Å². The molecule has 0 aliphatic carbocycles. The maximum atomic E-state index is 13.1. The van der Waals surface area contributed by atoms with Gasteiger partial charge < -0.3 is 14.8 Å². The number of anilines is 1. The minimum atomic E-state index is -0.581. The van der Waals surface area contributed by atoms with Crippen LogP contribution in [0.15, 0.2) is 42.5 Å². The molecule has 1 N–H and O–H groups in total. The lowest BCUT2D eigenvalue weighted by molar-refractivity contribution is -0.121. The summed E-state index contributed by atoms with van der Waals surface area (Å²) in [7, 11) is 3.15. The third kappa shape index (κ3) is 4.09. The van der Waals surface area contributed by atoms with Gasteiger partial charge in [0.25, 0.3) is 5.91 Å². The van der Waals surface area contributed by atoms with Crippen LogP contribution < -0.4 is 19.7 Å². The van der Waals surface area contributed by atoms with Gasteiger partial charge in [0.2, 0.25) is 5.91 Å². The molecule has 1 atom stereocenters. The number of carbonyl (C=O) groups is 2. The zero-order chi connectivity index (χ0) is 19.4. The van der Waals surface area contributed by atoms with Crippen molar-refractivity contribution in [2.45, 2.75) is 18.9 Å². The first kappa shape index (κ1) is 18.8. The maximum absolute atomic E-state index is 13.1. The van der Waals surface area contributed by atoms with Crippen molar-refractivity contribution in [1.82, 2.24) is 5.32 Å². The van der Waals surface area contributed by atoms with Crippen LogP contribution in [0, 0.1) is 5.82 Å². The van der Waals surface area contributed by atoms with E-state index in [0.717, 1.165) is 10.5 Å². The van der Waals surface area contributed by atoms with Gasteiger partial charge in [-0.2, -0.15) is 0 Å². The molecule has 1 unspecified atom stereocenters. The molecular formula is C20H21FN2O4. The Labute approximate surface area is 156 Å². The van der Waals surface area contributed by atoms with Crippen LogP contribution in [0.3, 0.4) is 0 Å². The van der Waals surface area contributed by atoms with Crippen molar-refractivity contribution in [3.05, 3.63) is 53.8 Å². The largest absolute Gasteiger partial charge is 0.493 e. The summed E-state index contributed by atoms with van der Waals surface area (Å²) in [5, 5.41) is 3.13. The van der Waals surface area contributed by atoms with Crippen molar-refractivity contribution in [1.29, 1.82) is 0 Å².